The summed E-state index contributed by atoms with van der Waals surface area (Å²) >= 11 is 0. The molecule has 0 aliphatic rings. The maximum absolute atomic E-state index is 12.8. The van der Waals surface area contributed by atoms with Crippen molar-refractivity contribution in [2.45, 2.75) is 18.9 Å². The second kappa shape index (κ2) is 7.81. The number of rotatable bonds is 6. The lowest BCUT2D eigenvalue weighted by Crippen LogP contribution is -2.49. The maximum Gasteiger partial charge on any atom is 0.277 e. The van der Waals surface area contributed by atoms with Gasteiger partial charge in [-0.1, -0.05) is 0 Å². The molecule has 0 bridgehead atoms. The Morgan fingerprint density at radius 3 is 2.65 bits per heavy atom. The molecule has 1 unspecified atom stereocenters. The normalized spacial score (nSPS) is 12.2. The molecule has 1 aromatic rings. The monoisotopic (exact) mass is 311 g/mol. The zero-order chi connectivity index (χ0) is 14.5. The Morgan fingerprint density at radius 1 is 1.50 bits per heavy atom. The van der Waals surface area contributed by atoms with Gasteiger partial charge in [0.05, 0.1) is 24.9 Å². The number of carbonyl (C=O) groups excluding carboxylic acids is 2. The van der Waals surface area contributed by atoms with E-state index in [0.29, 0.717) is 0 Å². The van der Waals surface area contributed by atoms with Gasteiger partial charge in [-0.2, -0.15) is 0 Å². The van der Waals surface area contributed by atoms with E-state index >= 15 is 0 Å². The lowest BCUT2D eigenvalue weighted by Gasteiger charge is -2.17. The third-order valence-electron chi connectivity index (χ3n) is 2.34. The van der Waals surface area contributed by atoms with Gasteiger partial charge in [0.1, 0.15) is 12.3 Å². The molecule has 9 heteroatoms. The van der Waals surface area contributed by atoms with Crippen molar-refractivity contribution in [2.75, 3.05) is 13.1 Å². The van der Waals surface area contributed by atoms with Crippen LogP contribution in [0.5, 0.6) is 0 Å². The molecule has 0 aliphatic carbocycles. The van der Waals surface area contributed by atoms with Crippen LogP contribution in [0.25, 0.3) is 0 Å². The Morgan fingerprint density at radius 2 is 2.15 bits per heavy atom. The van der Waals surface area contributed by atoms with E-state index in [4.69, 9.17) is 10.2 Å². The number of hydrogen-bond acceptors (Lipinski definition) is 4. The highest BCUT2D eigenvalue weighted by molar-refractivity contribution is 5.97. The Bertz CT molecular complexity index is 440. The molecule has 20 heavy (non-hydrogen) atoms. The summed E-state index contributed by atoms with van der Waals surface area (Å²) in [6, 6.07) is 0.471. The van der Waals surface area contributed by atoms with E-state index in [1.807, 2.05) is 5.32 Å². The number of nitrogens with one attached hydrogen (secondary N) is 2. The molecule has 1 rings (SSSR count). The Balaban J connectivity index is 0.00000361. The number of nitrogens with two attached hydrogens (primary N) is 1. The highest BCUT2D eigenvalue weighted by atomic mass is 35.5. The minimum absolute atomic E-state index is 0. The van der Waals surface area contributed by atoms with Crippen molar-refractivity contribution in [1.29, 1.82) is 0 Å². The van der Waals surface area contributed by atoms with Crippen molar-refractivity contribution < 1.29 is 22.8 Å². The third-order valence-corrected chi connectivity index (χ3v) is 2.34. The van der Waals surface area contributed by atoms with Gasteiger partial charge in [0.2, 0.25) is 5.91 Å². The molecule has 0 spiro atoms. The molecule has 1 aromatic heterocycles. The van der Waals surface area contributed by atoms with E-state index < -0.39 is 36.9 Å². The van der Waals surface area contributed by atoms with Gasteiger partial charge in [0, 0.05) is 0 Å². The van der Waals surface area contributed by atoms with Gasteiger partial charge < -0.3 is 20.8 Å². The summed E-state index contributed by atoms with van der Waals surface area (Å²) in [5, 5.41) is 4.37. The number of furan rings is 1. The molecule has 0 aromatic carbocycles. The molecule has 0 saturated carbocycles. The maximum atomic E-state index is 12.8. The summed E-state index contributed by atoms with van der Waals surface area (Å²) in [7, 11) is 0. The predicted octanol–water partition coefficient (Wildman–Crippen LogP) is 0.530. The third kappa shape index (κ3) is 5.54. The van der Waals surface area contributed by atoms with Crippen LogP contribution in [0.15, 0.2) is 23.0 Å². The zero-order valence-electron chi connectivity index (χ0n) is 10.7. The van der Waals surface area contributed by atoms with Crippen molar-refractivity contribution in [1.82, 2.24) is 10.6 Å². The minimum Gasteiger partial charge on any atom is -0.472 e. The molecule has 4 N–H and O–H groups in total. The molecule has 0 saturated heterocycles. The Hall–Kier alpha value is -1.67. The Kier molecular flexibility index (Phi) is 7.16. The van der Waals surface area contributed by atoms with Crippen LogP contribution in [0.2, 0.25) is 0 Å². The Labute approximate surface area is 120 Å². The molecule has 0 radical (unpaired) electrons. The van der Waals surface area contributed by atoms with Crippen LogP contribution >= 0.6 is 12.4 Å². The summed E-state index contributed by atoms with van der Waals surface area (Å²) in [6.07, 6.45) is 2.52. The van der Waals surface area contributed by atoms with Gasteiger partial charge in [-0.05, 0) is 13.0 Å². The summed E-state index contributed by atoms with van der Waals surface area (Å²) in [6.45, 7) is -0.342. The average molecular weight is 312 g/mol. The molecule has 1 atom stereocenters. The molecule has 0 fully saturated rings. The topological polar surface area (TPSA) is 97.4 Å². The molecular weight excluding hydrogens is 296 g/mol. The van der Waals surface area contributed by atoms with Crippen molar-refractivity contribution in [3.63, 3.8) is 0 Å². The zero-order valence-corrected chi connectivity index (χ0v) is 11.5. The van der Waals surface area contributed by atoms with Gasteiger partial charge in [0.25, 0.3) is 11.8 Å². The number of hydrogen-bond donors (Lipinski definition) is 3. The van der Waals surface area contributed by atoms with Crippen LogP contribution in [-0.2, 0) is 4.79 Å². The lowest BCUT2D eigenvalue weighted by molar-refractivity contribution is -0.124. The molecule has 6 nitrogen and oxygen atoms in total. The smallest absolute Gasteiger partial charge is 0.277 e. The summed E-state index contributed by atoms with van der Waals surface area (Å²) < 4.78 is 30.4. The van der Waals surface area contributed by atoms with Gasteiger partial charge >= 0.3 is 0 Å². The number of amides is 2. The highest BCUT2D eigenvalue weighted by Crippen LogP contribution is 2.08. The summed E-state index contributed by atoms with van der Waals surface area (Å²) in [5.41, 5.74) is 5.07. The largest absolute Gasteiger partial charge is 0.472 e. The second-order valence-electron chi connectivity index (χ2n) is 3.99. The van der Waals surface area contributed by atoms with Gasteiger partial charge in [-0.3, -0.25) is 9.59 Å². The van der Waals surface area contributed by atoms with E-state index in [2.05, 4.69) is 5.32 Å². The van der Waals surface area contributed by atoms with E-state index in [0.717, 1.165) is 0 Å². The molecular formula is C11H16ClF2N3O3. The fourth-order valence-corrected chi connectivity index (χ4v) is 1.18. The quantitative estimate of drug-likeness (QED) is 0.714. The summed E-state index contributed by atoms with van der Waals surface area (Å²) in [5.74, 6) is -4.41. The molecule has 2 amide bonds. The van der Waals surface area contributed by atoms with Crippen LogP contribution in [0.1, 0.15) is 17.3 Å². The fraction of sp³-hybridized carbons (Fsp3) is 0.455. The predicted molar refractivity (Wildman–Crippen MR) is 69.9 cm³/mol. The first-order valence-electron chi connectivity index (χ1n) is 5.54. The first-order chi connectivity index (χ1) is 8.85. The highest BCUT2D eigenvalue weighted by Gasteiger charge is 2.28. The number of halogens is 3. The van der Waals surface area contributed by atoms with Crippen molar-refractivity contribution in [2.24, 2.45) is 5.73 Å². The van der Waals surface area contributed by atoms with E-state index in [-0.39, 0.29) is 18.0 Å². The first-order valence-corrected chi connectivity index (χ1v) is 5.54. The first kappa shape index (κ1) is 18.3. The number of carbonyl (C=O) groups is 2. The molecule has 114 valence electrons. The van der Waals surface area contributed by atoms with Gasteiger partial charge in [-0.25, -0.2) is 8.78 Å². The van der Waals surface area contributed by atoms with E-state index in [9.17, 15) is 18.4 Å². The van der Waals surface area contributed by atoms with Crippen LogP contribution in [-0.4, -0.2) is 36.9 Å². The fourth-order valence-electron chi connectivity index (χ4n) is 1.18. The van der Waals surface area contributed by atoms with Crippen molar-refractivity contribution in [3.8, 4) is 0 Å². The second-order valence-corrected chi connectivity index (χ2v) is 3.99. The van der Waals surface area contributed by atoms with Gasteiger partial charge in [-0.15, -0.1) is 12.4 Å². The van der Waals surface area contributed by atoms with Crippen molar-refractivity contribution >= 4 is 24.2 Å². The summed E-state index contributed by atoms with van der Waals surface area (Å²) in [4.78, 5) is 23.0. The minimum atomic E-state index is -3.16. The van der Waals surface area contributed by atoms with Crippen LogP contribution < -0.4 is 16.4 Å². The van der Waals surface area contributed by atoms with Crippen molar-refractivity contribution in [3.05, 3.63) is 24.2 Å². The average Bonchev–Trinajstić information content (AvgIpc) is 2.89. The van der Waals surface area contributed by atoms with Gasteiger partial charge in [0.15, 0.2) is 0 Å². The SMILES string of the molecule is CC(NC(=O)c1ccoc1)C(=O)NCC(F)(F)CN.Cl. The van der Waals surface area contributed by atoms with Crippen LogP contribution in [0, 0.1) is 0 Å². The van der Waals surface area contributed by atoms with E-state index in [1.54, 1.807) is 0 Å². The molecule has 0 aliphatic heterocycles. The lowest BCUT2D eigenvalue weighted by atomic mass is 10.2. The van der Waals surface area contributed by atoms with E-state index in [1.165, 1.54) is 25.5 Å². The number of alkyl halides is 2. The molecule has 1 heterocycles. The standard InChI is InChI=1S/C11H15F2N3O3.ClH/c1-7(9(17)15-6-11(12,13)5-14)16-10(18)8-2-3-19-4-8;/h2-4,7H,5-6,14H2,1H3,(H,15,17)(H,16,18);1H. The van der Waals surface area contributed by atoms with Crippen LogP contribution in [0.3, 0.4) is 0 Å². The van der Waals surface area contributed by atoms with Crippen LogP contribution in [0.4, 0.5) is 8.78 Å².